The summed E-state index contributed by atoms with van der Waals surface area (Å²) in [6.07, 6.45) is 0.799. The molecule has 7 heteroatoms. The molecule has 0 saturated carbocycles. The summed E-state index contributed by atoms with van der Waals surface area (Å²) in [6, 6.07) is 14.6. The fraction of sp³-hybridized carbons (Fsp3) is 0.263. The molecule has 138 valence electrons. The monoisotopic (exact) mass is 467 g/mol. The SMILES string of the molecule is CN=C(NCCc1ccc(F)cc1)NCc1nc2ccccc2n1C.I. The Kier molecular flexibility index (Phi) is 7.38. The Morgan fingerprint density at radius 3 is 2.54 bits per heavy atom. The summed E-state index contributed by atoms with van der Waals surface area (Å²) in [5.74, 6) is 1.45. The zero-order chi connectivity index (χ0) is 17.6. The van der Waals surface area contributed by atoms with Crippen molar-refractivity contribution in [2.75, 3.05) is 13.6 Å². The highest BCUT2D eigenvalue weighted by molar-refractivity contribution is 14.0. The normalized spacial score (nSPS) is 11.3. The highest BCUT2D eigenvalue weighted by Gasteiger charge is 2.07. The quantitative estimate of drug-likeness (QED) is 0.344. The van der Waals surface area contributed by atoms with Crippen LogP contribution >= 0.6 is 24.0 Å². The molecule has 0 bridgehead atoms. The number of aromatic nitrogens is 2. The van der Waals surface area contributed by atoms with Crippen molar-refractivity contribution in [3.63, 3.8) is 0 Å². The van der Waals surface area contributed by atoms with Crippen molar-refractivity contribution in [3.05, 3.63) is 65.7 Å². The number of nitrogens with one attached hydrogen (secondary N) is 2. The minimum Gasteiger partial charge on any atom is -0.356 e. The van der Waals surface area contributed by atoms with Crippen molar-refractivity contribution < 1.29 is 4.39 Å². The van der Waals surface area contributed by atoms with Gasteiger partial charge in [0.2, 0.25) is 0 Å². The summed E-state index contributed by atoms with van der Waals surface area (Å²) in [6.45, 7) is 1.30. The van der Waals surface area contributed by atoms with E-state index in [1.807, 2.05) is 25.2 Å². The zero-order valence-electron chi connectivity index (χ0n) is 14.9. The maximum absolute atomic E-state index is 12.9. The van der Waals surface area contributed by atoms with E-state index < -0.39 is 0 Å². The molecule has 5 nitrogen and oxygen atoms in total. The molecule has 0 radical (unpaired) electrons. The first kappa shape index (κ1) is 20.2. The second-order valence-electron chi connectivity index (χ2n) is 5.80. The molecule has 1 heterocycles. The van der Waals surface area contributed by atoms with Gasteiger partial charge in [0, 0.05) is 20.6 Å². The lowest BCUT2D eigenvalue weighted by Gasteiger charge is -2.12. The van der Waals surface area contributed by atoms with E-state index in [0.29, 0.717) is 19.0 Å². The van der Waals surface area contributed by atoms with E-state index in [9.17, 15) is 4.39 Å². The largest absolute Gasteiger partial charge is 0.356 e. The molecule has 0 spiro atoms. The summed E-state index contributed by atoms with van der Waals surface area (Å²) >= 11 is 0. The Morgan fingerprint density at radius 1 is 1.12 bits per heavy atom. The average Bonchev–Trinajstić information content (AvgIpc) is 2.96. The maximum Gasteiger partial charge on any atom is 0.191 e. The number of halogens is 2. The Hall–Kier alpha value is -2.16. The van der Waals surface area contributed by atoms with E-state index in [4.69, 9.17) is 0 Å². The molecule has 0 atom stereocenters. The Bertz CT molecular complexity index is 873. The molecule has 0 aliphatic carbocycles. The third kappa shape index (κ3) is 4.94. The first-order chi connectivity index (χ1) is 12.2. The summed E-state index contributed by atoms with van der Waals surface area (Å²) in [4.78, 5) is 8.87. The number of hydrogen-bond donors (Lipinski definition) is 2. The minimum absolute atomic E-state index is 0. The van der Waals surface area contributed by atoms with Crippen LogP contribution in [0.25, 0.3) is 11.0 Å². The van der Waals surface area contributed by atoms with Crippen molar-refractivity contribution >= 4 is 41.0 Å². The molecule has 0 aliphatic rings. The second-order valence-corrected chi connectivity index (χ2v) is 5.80. The van der Waals surface area contributed by atoms with Gasteiger partial charge < -0.3 is 15.2 Å². The van der Waals surface area contributed by atoms with Crippen LogP contribution < -0.4 is 10.6 Å². The van der Waals surface area contributed by atoms with Gasteiger partial charge in [0.05, 0.1) is 17.6 Å². The maximum atomic E-state index is 12.9. The first-order valence-corrected chi connectivity index (χ1v) is 8.26. The van der Waals surface area contributed by atoms with Crippen molar-refractivity contribution in [2.45, 2.75) is 13.0 Å². The van der Waals surface area contributed by atoms with E-state index in [1.54, 1.807) is 19.2 Å². The number of fused-ring (bicyclic) bond motifs is 1. The van der Waals surface area contributed by atoms with Crippen molar-refractivity contribution in [1.29, 1.82) is 0 Å². The molecule has 0 fully saturated rings. The molecule has 3 aromatic rings. The van der Waals surface area contributed by atoms with Gasteiger partial charge in [-0.2, -0.15) is 0 Å². The Balaban J connectivity index is 0.00000243. The summed E-state index contributed by atoms with van der Waals surface area (Å²) in [5, 5.41) is 6.54. The molecule has 26 heavy (non-hydrogen) atoms. The molecular weight excluding hydrogens is 444 g/mol. The number of hydrogen-bond acceptors (Lipinski definition) is 2. The lowest BCUT2D eigenvalue weighted by Crippen LogP contribution is -2.38. The highest BCUT2D eigenvalue weighted by atomic mass is 127. The van der Waals surface area contributed by atoms with E-state index in [1.165, 1.54) is 12.1 Å². The summed E-state index contributed by atoms with van der Waals surface area (Å²) in [5.41, 5.74) is 3.18. The fourth-order valence-electron chi connectivity index (χ4n) is 2.71. The molecule has 0 saturated heterocycles. The van der Waals surface area contributed by atoms with Crippen LogP contribution in [0.4, 0.5) is 4.39 Å². The van der Waals surface area contributed by atoms with Gasteiger partial charge in [0.1, 0.15) is 11.6 Å². The topological polar surface area (TPSA) is 54.2 Å². The molecular formula is C19H23FIN5. The molecule has 1 aromatic heterocycles. The van der Waals surface area contributed by atoms with Gasteiger partial charge in [-0.3, -0.25) is 4.99 Å². The summed E-state index contributed by atoms with van der Waals surface area (Å²) < 4.78 is 15.0. The molecule has 3 rings (SSSR count). The van der Waals surface area contributed by atoms with Crippen LogP contribution in [0.2, 0.25) is 0 Å². The number of para-hydroxylation sites is 2. The average molecular weight is 467 g/mol. The number of aryl methyl sites for hydroxylation is 1. The van der Waals surface area contributed by atoms with Gasteiger partial charge in [-0.1, -0.05) is 24.3 Å². The Labute approximate surface area is 169 Å². The van der Waals surface area contributed by atoms with Crippen LogP contribution in [0, 0.1) is 5.82 Å². The lowest BCUT2D eigenvalue weighted by atomic mass is 10.1. The predicted octanol–water partition coefficient (Wildman–Crippen LogP) is 3.24. The number of nitrogens with zero attached hydrogens (tertiary/aromatic N) is 3. The Morgan fingerprint density at radius 2 is 1.85 bits per heavy atom. The van der Waals surface area contributed by atoms with E-state index >= 15 is 0 Å². The number of imidazole rings is 1. The van der Waals surface area contributed by atoms with Crippen molar-refractivity contribution in [1.82, 2.24) is 20.2 Å². The van der Waals surface area contributed by atoms with Crippen LogP contribution in [0.5, 0.6) is 0 Å². The molecule has 0 amide bonds. The van der Waals surface area contributed by atoms with E-state index in [2.05, 4.69) is 31.2 Å². The van der Waals surface area contributed by atoms with Gasteiger partial charge in [-0.05, 0) is 36.2 Å². The molecule has 0 unspecified atom stereocenters. The van der Waals surface area contributed by atoms with Gasteiger partial charge in [-0.15, -0.1) is 24.0 Å². The van der Waals surface area contributed by atoms with Crippen molar-refractivity contribution in [3.8, 4) is 0 Å². The van der Waals surface area contributed by atoms with Gasteiger partial charge in [0.15, 0.2) is 5.96 Å². The zero-order valence-corrected chi connectivity index (χ0v) is 17.2. The minimum atomic E-state index is -0.211. The van der Waals surface area contributed by atoms with Gasteiger partial charge in [0.25, 0.3) is 0 Å². The van der Waals surface area contributed by atoms with Gasteiger partial charge >= 0.3 is 0 Å². The van der Waals surface area contributed by atoms with E-state index in [0.717, 1.165) is 28.8 Å². The lowest BCUT2D eigenvalue weighted by molar-refractivity contribution is 0.626. The van der Waals surface area contributed by atoms with Crippen LogP contribution in [0.3, 0.4) is 0 Å². The van der Waals surface area contributed by atoms with E-state index in [-0.39, 0.29) is 29.8 Å². The van der Waals surface area contributed by atoms with Crippen LogP contribution in [-0.2, 0) is 20.0 Å². The molecule has 2 N–H and O–H groups in total. The second kappa shape index (κ2) is 9.51. The van der Waals surface area contributed by atoms with Crippen LogP contribution in [-0.4, -0.2) is 29.1 Å². The number of guanidine groups is 1. The van der Waals surface area contributed by atoms with Crippen LogP contribution in [0.15, 0.2) is 53.5 Å². The highest BCUT2D eigenvalue weighted by Crippen LogP contribution is 2.13. The number of rotatable bonds is 5. The standard InChI is InChI=1S/C19H22FN5.HI/c1-21-19(22-12-11-14-7-9-15(20)10-8-14)23-13-18-24-16-5-3-4-6-17(16)25(18)2;/h3-10H,11-13H2,1-2H3,(H2,21,22,23);1H. The fourth-order valence-corrected chi connectivity index (χ4v) is 2.71. The number of benzene rings is 2. The first-order valence-electron chi connectivity index (χ1n) is 8.26. The predicted molar refractivity (Wildman–Crippen MR) is 114 cm³/mol. The van der Waals surface area contributed by atoms with Crippen molar-refractivity contribution in [2.24, 2.45) is 12.0 Å². The third-order valence-electron chi connectivity index (χ3n) is 4.14. The van der Waals surface area contributed by atoms with Crippen LogP contribution in [0.1, 0.15) is 11.4 Å². The van der Waals surface area contributed by atoms with Gasteiger partial charge in [-0.25, -0.2) is 9.37 Å². The molecule has 2 aromatic carbocycles. The third-order valence-corrected chi connectivity index (χ3v) is 4.14. The summed E-state index contributed by atoms with van der Waals surface area (Å²) in [7, 11) is 3.75. The number of aliphatic imine (C=N–C) groups is 1. The smallest absolute Gasteiger partial charge is 0.191 e. The molecule has 0 aliphatic heterocycles.